The first-order chi connectivity index (χ1) is 7.08. The highest BCUT2D eigenvalue weighted by Gasteiger charge is 2.37. The van der Waals surface area contributed by atoms with Gasteiger partial charge in [0.2, 0.25) is 0 Å². The Bertz CT molecular complexity index is 219. The van der Waals surface area contributed by atoms with Crippen LogP contribution in [0.5, 0.6) is 0 Å². The van der Waals surface area contributed by atoms with E-state index >= 15 is 0 Å². The highest BCUT2D eigenvalue weighted by Crippen LogP contribution is 2.39. The molecule has 2 atom stereocenters. The third-order valence-electron chi connectivity index (χ3n) is 3.04. The van der Waals surface area contributed by atoms with Crippen LogP contribution in [0.2, 0.25) is 0 Å². The number of hydrogen-bond donors (Lipinski definition) is 1. The van der Waals surface area contributed by atoms with E-state index in [-0.39, 0.29) is 0 Å². The van der Waals surface area contributed by atoms with E-state index in [4.69, 9.17) is 5.73 Å². The van der Waals surface area contributed by atoms with Crippen LogP contribution < -0.4 is 5.73 Å². The number of rotatable bonds is 5. The number of aliphatic imine (C=N–C) groups is 1. The monoisotopic (exact) mass is 211 g/mol. The molecule has 0 aromatic rings. The molecule has 0 spiro atoms. The van der Waals surface area contributed by atoms with E-state index < -0.39 is 0 Å². The van der Waals surface area contributed by atoms with Gasteiger partial charge in [-0.3, -0.25) is 0 Å². The smallest absolute Gasteiger partial charge is 0.191 e. The maximum absolute atomic E-state index is 5.95. The Morgan fingerprint density at radius 2 is 2.00 bits per heavy atom. The Morgan fingerprint density at radius 3 is 2.47 bits per heavy atom. The van der Waals surface area contributed by atoms with Crippen LogP contribution in [0.25, 0.3) is 0 Å². The van der Waals surface area contributed by atoms with Gasteiger partial charge in [-0.1, -0.05) is 13.8 Å². The molecule has 0 unspecified atom stereocenters. The van der Waals surface area contributed by atoms with Crippen molar-refractivity contribution in [2.75, 3.05) is 13.1 Å². The second-order valence-electron chi connectivity index (χ2n) is 4.85. The minimum atomic E-state index is 0.507. The lowest BCUT2D eigenvalue weighted by Crippen LogP contribution is -2.37. The van der Waals surface area contributed by atoms with Crippen LogP contribution >= 0.6 is 0 Å². The van der Waals surface area contributed by atoms with Gasteiger partial charge >= 0.3 is 0 Å². The predicted molar refractivity (Wildman–Crippen MR) is 65.9 cm³/mol. The summed E-state index contributed by atoms with van der Waals surface area (Å²) in [7, 11) is 0. The zero-order chi connectivity index (χ0) is 11.4. The van der Waals surface area contributed by atoms with E-state index in [9.17, 15) is 0 Å². The van der Waals surface area contributed by atoms with Crippen LogP contribution in [0, 0.1) is 11.8 Å². The number of guanidine groups is 1. The third-order valence-corrected chi connectivity index (χ3v) is 3.04. The van der Waals surface area contributed by atoms with Gasteiger partial charge in [-0.15, -0.1) is 0 Å². The topological polar surface area (TPSA) is 41.6 Å². The summed E-state index contributed by atoms with van der Waals surface area (Å²) < 4.78 is 0. The second-order valence-corrected chi connectivity index (χ2v) is 4.85. The lowest BCUT2D eigenvalue weighted by Gasteiger charge is -2.19. The highest BCUT2D eigenvalue weighted by molar-refractivity contribution is 5.78. The molecule has 15 heavy (non-hydrogen) atoms. The van der Waals surface area contributed by atoms with E-state index in [2.05, 4.69) is 37.6 Å². The fraction of sp³-hybridized carbons (Fsp3) is 0.917. The molecule has 0 bridgehead atoms. The summed E-state index contributed by atoms with van der Waals surface area (Å²) in [6, 6.07) is 0.507. The molecule has 0 heterocycles. The summed E-state index contributed by atoms with van der Waals surface area (Å²) in [5.74, 6) is 2.31. The zero-order valence-electron chi connectivity index (χ0n) is 10.5. The van der Waals surface area contributed by atoms with Gasteiger partial charge in [-0.25, -0.2) is 4.99 Å². The minimum Gasteiger partial charge on any atom is -0.370 e. The van der Waals surface area contributed by atoms with Crippen molar-refractivity contribution in [2.24, 2.45) is 22.6 Å². The Morgan fingerprint density at radius 1 is 1.40 bits per heavy atom. The summed E-state index contributed by atoms with van der Waals surface area (Å²) in [5, 5.41) is 0. The van der Waals surface area contributed by atoms with Gasteiger partial charge < -0.3 is 10.6 Å². The molecule has 1 saturated carbocycles. The van der Waals surface area contributed by atoms with Crippen molar-refractivity contribution in [1.82, 2.24) is 4.90 Å². The normalized spacial score (nSPS) is 25.8. The summed E-state index contributed by atoms with van der Waals surface area (Å²) in [6.07, 6.45) is 2.53. The van der Waals surface area contributed by atoms with Gasteiger partial charge in [0.25, 0.3) is 0 Å². The molecule has 3 nitrogen and oxygen atoms in total. The van der Waals surface area contributed by atoms with Crippen LogP contribution in [0.1, 0.15) is 40.5 Å². The second kappa shape index (κ2) is 5.38. The number of nitrogens with two attached hydrogens (primary N) is 1. The molecule has 0 saturated heterocycles. The van der Waals surface area contributed by atoms with Gasteiger partial charge in [0, 0.05) is 13.1 Å². The largest absolute Gasteiger partial charge is 0.370 e. The van der Waals surface area contributed by atoms with Gasteiger partial charge in [-0.2, -0.15) is 0 Å². The fourth-order valence-corrected chi connectivity index (χ4v) is 2.05. The summed E-state index contributed by atoms with van der Waals surface area (Å²) in [6.45, 7) is 10.7. The molecule has 1 fully saturated rings. The lowest BCUT2D eigenvalue weighted by molar-refractivity contribution is 0.456. The minimum absolute atomic E-state index is 0.507. The molecule has 88 valence electrons. The van der Waals surface area contributed by atoms with Crippen LogP contribution in [0.3, 0.4) is 0 Å². The average Bonchev–Trinajstić information content (AvgIpc) is 2.84. The SMILES string of the molecule is CCN(CC)C(N)=N[C@@H]1C[C@H]1CC(C)C. The molecule has 0 aromatic heterocycles. The number of hydrogen-bond acceptors (Lipinski definition) is 1. The first-order valence-electron chi connectivity index (χ1n) is 6.16. The average molecular weight is 211 g/mol. The highest BCUT2D eigenvalue weighted by atomic mass is 15.3. The molecule has 0 amide bonds. The molecule has 1 aliphatic rings. The van der Waals surface area contributed by atoms with Crippen LogP contribution in [0.4, 0.5) is 0 Å². The van der Waals surface area contributed by atoms with Crippen molar-refractivity contribution in [2.45, 2.75) is 46.6 Å². The third kappa shape index (κ3) is 3.73. The van der Waals surface area contributed by atoms with Crippen molar-refractivity contribution in [3.63, 3.8) is 0 Å². The first kappa shape index (κ1) is 12.3. The van der Waals surface area contributed by atoms with E-state index in [0.29, 0.717) is 6.04 Å². The van der Waals surface area contributed by atoms with Crippen molar-refractivity contribution in [1.29, 1.82) is 0 Å². The Labute approximate surface area is 93.7 Å². The standard InChI is InChI=1S/C12H25N3/c1-5-15(6-2)12(13)14-11-8-10(11)7-9(3)4/h9-11H,5-8H2,1-4H3,(H2,13,14)/t10-,11-/m1/s1. The number of nitrogens with zero attached hydrogens (tertiary/aromatic N) is 2. The first-order valence-corrected chi connectivity index (χ1v) is 6.16. The molecule has 3 heteroatoms. The van der Waals surface area contributed by atoms with Gasteiger partial charge in [0.15, 0.2) is 5.96 Å². The van der Waals surface area contributed by atoms with Crippen molar-refractivity contribution in [3.05, 3.63) is 0 Å². The predicted octanol–water partition coefficient (Wildman–Crippen LogP) is 2.08. The van der Waals surface area contributed by atoms with Crippen molar-refractivity contribution >= 4 is 5.96 Å². The van der Waals surface area contributed by atoms with Crippen LogP contribution in [-0.4, -0.2) is 30.0 Å². The van der Waals surface area contributed by atoms with E-state index in [1.807, 2.05) is 0 Å². The van der Waals surface area contributed by atoms with Gasteiger partial charge in [-0.05, 0) is 38.5 Å². The Balaban J connectivity index is 2.38. The van der Waals surface area contributed by atoms with Crippen LogP contribution in [-0.2, 0) is 0 Å². The van der Waals surface area contributed by atoms with Crippen LogP contribution in [0.15, 0.2) is 4.99 Å². The quantitative estimate of drug-likeness (QED) is 0.559. The molecule has 2 N–H and O–H groups in total. The van der Waals surface area contributed by atoms with E-state index in [0.717, 1.165) is 30.9 Å². The van der Waals surface area contributed by atoms with Gasteiger partial charge in [0.05, 0.1) is 6.04 Å². The molecule has 0 aliphatic heterocycles. The lowest BCUT2D eigenvalue weighted by atomic mass is 10.1. The molecule has 1 rings (SSSR count). The fourth-order valence-electron chi connectivity index (χ4n) is 2.05. The Kier molecular flexibility index (Phi) is 4.43. The molecule has 0 aromatic carbocycles. The maximum Gasteiger partial charge on any atom is 0.191 e. The van der Waals surface area contributed by atoms with Crippen molar-refractivity contribution in [3.8, 4) is 0 Å². The summed E-state index contributed by atoms with van der Waals surface area (Å²) in [4.78, 5) is 6.70. The molecular formula is C12H25N3. The van der Waals surface area contributed by atoms with E-state index in [1.165, 1.54) is 12.8 Å². The van der Waals surface area contributed by atoms with Gasteiger partial charge in [0.1, 0.15) is 0 Å². The molecular weight excluding hydrogens is 186 g/mol. The summed E-state index contributed by atoms with van der Waals surface area (Å²) in [5.41, 5.74) is 5.95. The summed E-state index contributed by atoms with van der Waals surface area (Å²) >= 11 is 0. The Hall–Kier alpha value is -0.730. The zero-order valence-corrected chi connectivity index (χ0v) is 10.5. The maximum atomic E-state index is 5.95. The molecule has 1 aliphatic carbocycles. The molecule has 0 radical (unpaired) electrons. The van der Waals surface area contributed by atoms with E-state index in [1.54, 1.807) is 0 Å². The van der Waals surface area contributed by atoms with Crippen molar-refractivity contribution < 1.29 is 0 Å².